The minimum Gasteiger partial charge on any atom is -0.366 e. The van der Waals surface area contributed by atoms with Gasteiger partial charge in [0.05, 0.1) is 11.1 Å². The summed E-state index contributed by atoms with van der Waals surface area (Å²) in [6, 6.07) is 6.31. The third-order valence-corrected chi connectivity index (χ3v) is 4.93. The average Bonchev–Trinajstić information content (AvgIpc) is 3.04. The average molecular weight is 284 g/mol. The van der Waals surface area contributed by atoms with Crippen molar-refractivity contribution in [1.29, 1.82) is 0 Å². The zero-order valence-electron chi connectivity index (χ0n) is 12.0. The number of nitrogens with one attached hydrogen (secondary N) is 1. The predicted molar refractivity (Wildman–Crippen MR) is 81.2 cm³/mol. The zero-order chi connectivity index (χ0) is 14.4. The molecule has 2 aromatic rings. The van der Waals surface area contributed by atoms with Crippen LogP contribution in [0.5, 0.6) is 0 Å². The Labute approximate surface area is 123 Å². The van der Waals surface area contributed by atoms with Crippen LogP contribution in [0.2, 0.25) is 0 Å². The molecule has 2 aliphatic rings. The van der Waals surface area contributed by atoms with Crippen molar-refractivity contribution in [2.75, 3.05) is 13.1 Å². The molecule has 1 saturated heterocycles. The Bertz CT molecular complexity index is 681. The highest BCUT2D eigenvalue weighted by Crippen LogP contribution is 2.34. The first kappa shape index (κ1) is 12.8. The maximum atomic E-state index is 11.5. The molecule has 5 nitrogen and oxygen atoms in total. The van der Waals surface area contributed by atoms with E-state index < -0.39 is 5.91 Å². The second kappa shape index (κ2) is 4.84. The number of rotatable bonds is 3. The second-order valence-corrected chi connectivity index (χ2v) is 6.28. The fourth-order valence-corrected chi connectivity index (χ4v) is 3.70. The van der Waals surface area contributed by atoms with Gasteiger partial charge in [0.2, 0.25) is 0 Å². The van der Waals surface area contributed by atoms with Crippen molar-refractivity contribution in [2.24, 2.45) is 5.73 Å². The predicted octanol–water partition coefficient (Wildman–Crippen LogP) is 2.00. The van der Waals surface area contributed by atoms with Gasteiger partial charge in [-0.05, 0) is 25.0 Å². The Morgan fingerprint density at radius 2 is 2.05 bits per heavy atom. The number of benzene rings is 1. The fraction of sp³-hybridized carbons (Fsp3) is 0.500. The Morgan fingerprint density at radius 3 is 2.76 bits per heavy atom. The summed E-state index contributed by atoms with van der Waals surface area (Å²) in [7, 11) is 0. The number of carbonyl (C=O) groups excluding carboxylic acids is 1. The molecule has 3 N–H and O–H groups in total. The Hall–Kier alpha value is -1.88. The molecule has 2 fully saturated rings. The van der Waals surface area contributed by atoms with Crippen LogP contribution < -0.4 is 5.73 Å². The molecule has 1 aromatic carbocycles. The minimum atomic E-state index is -0.417. The van der Waals surface area contributed by atoms with Crippen molar-refractivity contribution in [2.45, 2.75) is 37.6 Å². The molecule has 0 unspecified atom stereocenters. The fourth-order valence-electron chi connectivity index (χ4n) is 3.70. The number of fused-ring (bicyclic) bond motifs is 1. The summed E-state index contributed by atoms with van der Waals surface area (Å²) in [6.45, 7) is 2.16. The standard InChI is InChI=1S/C16H20N4O/c17-15(21)12-6-3-7-13-14(12)19-16(18-13)10-8-20(9-10)11-4-1-2-5-11/h3,6-7,10-11H,1-2,4-5,8-9H2,(H2,17,21)(H,18,19). The van der Waals surface area contributed by atoms with Gasteiger partial charge in [-0.1, -0.05) is 18.9 Å². The largest absolute Gasteiger partial charge is 0.366 e. The highest BCUT2D eigenvalue weighted by Gasteiger charge is 2.36. The molecule has 1 amide bonds. The summed E-state index contributed by atoms with van der Waals surface area (Å²) < 4.78 is 0. The van der Waals surface area contributed by atoms with Crippen LogP contribution >= 0.6 is 0 Å². The van der Waals surface area contributed by atoms with E-state index in [-0.39, 0.29) is 0 Å². The second-order valence-electron chi connectivity index (χ2n) is 6.28. The van der Waals surface area contributed by atoms with Gasteiger partial charge in [-0.3, -0.25) is 9.69 Å². The number of likely N-dealkylation sites (tertiary alicyclic amines) is 1. The molecule has 110 valence electrons. The summed E-state index contributed by atoms with van der Waals surface area (Å²) >= 11 is 0. The lowest BCUT2D eigenvalue weighted by molar-refractivity contribution is 0.0909. The van der Waals surface area contributed by atoms with Gasteiger partial charge < -0.3 is 10.7 Å². The van der Waals surface area contributed by atoms with Gasteiger partial charge in [-0.15, -0.1) is 0 Å². The summed E-state index contributed by atoms with van der Waals surface area (Å²) in [5.74, 6) is 1.03. The number of aromatic nitrogens is 2. The number of nitrogens with zero attached hydrogens (tertiary/aromatic N) is 2. The molecule has 0 bridgehead atoms. The number of carbonyl (C=O) groups is 1. The molecule has 1 aliphatic carbocycles. The van der Waals surface area contributed by atoms with Crippen LogP contribution in [0.15, 0.2) is 18.2 Å². The zero-order valence-corrected chi connectivity index (χ0v) is 12.0. The van der Waals surface area contributed by atoms with Crippen molar-refractivity contribution in [1.82, 2.24) is 14.9 Å². The van der Waals surface area contributed by atoms with Crippen LogP contribution in [0.3, 0.4) is 0 Å². The van der Waals surface area contributed by atoms with Crippen LogP contribution in [-0.2, 0) is 0 Å². The van der Waals surface area contributed by atoms with E-state index in [1.54, 1.807) is 6.07 Å². The van der Waals surface area contributed by atoms with Gasteiger partial charge in [0.25, 0.3) is 5.91 Å². The van der Waals surface area contributed by atoms with E-state index in [1.165, 1.54) is 25.7 Å². The molecule has 21 heavy (non-hydrogen) atoms. The van der Waals surface area contributed by atoms with Gasteiger partial charge in [0, 0.05) is 25.0 Å². The Balaban J connectivity index is 1.55. The van der Waals surface area contributed by atoms with E-state index in [0.717, 1.165) is 30.5 Å². The maximum Gasteiger partial charge on any atom is 0.250 e. The number of amides is 1. The molecule has 1 saturated carbocycles. The van der Waals surface area contributed by atoms with E-state index in [1.807, 2.05) is 12.1 Å². The molecular weight excluding hydrogens is 264 g/mol. The number of aromatic amines is 1. The number of primary amides is 1. The van der Waals surface area contributed by atoms with E-state index in [2.05, 4.69) is 14.9 Å². The summed E-state index contributed by atoms with van der Waals surface area (Å²) in [5.41, 5.74) is 7.53. The molecule has 2 heterocycles. The highest BCUT2D eigenvalue weighted by atomic mass is 16.1. The van der Waals surface area contributed by atoms with Gasteiger partial charge in [0.15, 0.2) is 0 Å². The van der Waals surface area contributed by atoms with Crippen LogP contribution in [-0.4, -0.2) is 39.9 Å². The topological polar surface area (TPSA) is 75.0 Å². The van der Waals surface area contributed by atoms with Crippen molar-refractivity contribution in [3.05, 3.63) is 29.6 Å². The van der Waals surface area contributed by atoms with Crippen LogP contribution in [0.25, 0.3) is 11.0 Å². The Kier molecular flexibility index (Phi) is 2.96. The summed E-state index contributed by atoms with van der Waals surface area (Å²) in [5, 5.41) is 0. The monoisotopic (exact) mass is 284 g/mol. The van der Waals surface area contributed by atoms with E-state index in [0.29, 0.717) is 17.0 Å². The molecule has 1 aromatic heterocycles. The van der Waals surface area contributed by atoms with Crippen molar-refractivity contribution >= 4 is 16.9 Å². The Morgan fingerprint density at radius 1 is 1.29 bits per heavy atom. The number of hydrogen-bond acceptors (Lipinski definition) is 3. The van der Waals surface area contributed by atoms with E-state index >= 15 is 0 Å². The molecule has 0 atom stereocenters. The first-order valence-electron chi connectivity index (χ1n) is 7.75. The maximum absolute atomic E-state index is 11.5. The lowest BCUT2D eigenvalue weighted by atomic mass is 9.96. The third-order valence-electron chi connectivity index (χ3n) is 4.93. The quantitative estimate of drug-likeness (QED) is 0.905. The smallest absolute Gasteiger partial charge is 0.250 e. The normalized spacial score (nSPS) is 21.0. The number of nitrogens with two attached hydrogens (primary N) is 1. The van der Waals surface area contributed by atoms with Crippen molar-refractivity contribution in [3.8, 4) is 0 Å². The lowest BCUT2D eigenvalue weighted by Crippen LogP contribution is -2.50. The number of para-hydroxylation sites is 1. The molecule has 0 radical (unpaired) electrons. The van der Waals surface area contributed by atoms with Crippen LogP contribution in [0.1, 0.15) is 47.8 Å². The summed E-state index contributed by atoms with van der Waals surface area (Å²) in [6.07, 6.45) is 5.44. The first-order chi connectivity index (χ1) is 10.2. The molecule has 4 rings (SSSR count). The van der Waals surface area contributed by atoms with Crippen LogP contribution in [0.4, 0.5) is 0 Å². The van der Waals surface area contributed by atoms with Gasteiger partial charge in [0.1, 0.15) is 11.3 Å². The van der Waals surface area contributed by atoms with Crippen LogP contribution in [0, 0.1) is 0 Å². The number of imidazole rings is 1. The third kappa shape index (κ3) is 2.12. The first-order valence-corrected chi connectivity index (χ1v) is 7.75. The minimum absolute atomic E-state index is 0.417. The highest BCUT2D eigenvalue weighted by molar-refractivity contribution is 6.04. The number of H-pyrrole nitrogens is 1. The molecule has 0 spiro atoms. The van der Waals surface area contributed by atoms with Gasteiger partial charge >= 0.3 is 0 Å². The van der Waals surface area contributed by atoms with E-state index in [9.17, 15) is 4.79 Å². The van der Waals surface area contributed by atoms with Gasteiger partial charge in [-0.2, -0.15) is 0 Å². The number of hydrogen-bond donors (Lipinski definition) is 2. The molecular formula is C16H20N4O. The lowest BCUT2D eigenvalue weighted by Gasteiger charge is -2.42. The SMILES string of the molecule is NC(=O)c1cccc2[nH]c(C3CN(C4CCCC4)C3)nc12. The van der Waals surface area contributed by atoms with Gasteiger partial charge in [-0.25, -0.2) is 4.98 Å². The molecule has 5 heteroatoms. The summed E-state index contributed by atoms with van der Waals surface area (Å²) in [4.78, 5) is 22.0. The van der Waals surface area contributed by atoms with Crippen molar-refractivity contribution < 1.29 is 4.79 Å². The molecule has 1 aliphatic heterocycles. The van der Waals surface area contributed by atoms with Crippen molar-refractivity contribution in [3.63, 3.8) is 0 Å². The van der Waals surface area contributed by atoms with E-state index in [4.69, 9.17) is 5.73 Å².